The van der Waals surface area contributed by atoms with E-state index in [9.17, 15) is 4.79 Å². The molecule has 0 radical (unpaired) electrons. The van der Waals surface area contributed by atoms with E-state index in [1.54, 1.807) is 6.07 Å². The first-order valence-electron chi connectivity index (χ1n) is 7.40. The van der Waals surface area contributed by atoms with E-state index in [1.165, 1.54) is 12.8 Å². The first-order chi connectivity index (χ1) is 10.2. The maximum Gasteiger partial charge on any atom is 0.270 e. The number of benzene rings is 1. The molecule has 110 valence electrons. The van der Waals surface area contributed by atoms with E-state index in [4.69, 9.17) is 5.73 Å². The van der Waals surface area contributed by atoms with Crippen molar-refractivity contribution in [3.05, 3.63) is 36.0 Å². The second kappa shape index (κ2) is 6.10. The molecule has 1 aliphatic heterocycles. The Morgan fingerprint density at radius 1 is 1.29 bits per heavy atom. The lowest BCUT2D eigenvalue weighted by Crippen LogP contribution is -2.33. The molecule has 1 aromatic carbocycles. The molecule has 2 heterocycles. The van der Waals surface area contributed by atoms with Gasteiger partial charge in [0.05, 0.1) is 0 Å². The van der Waals surface area contributed by atoms with Crippen LogP contribution in [0.25, 0.3) is 10.8 Å². The highest BCUT2D eigenvalue weighted by Gasteiger charge is 2.13. The Hall–Kier alpha value is -2.14. The molecule has 1 aromatic heterocycles. The van der Waals surface area contributed by atoms with Crippen LogP contribution in [0.1, 0.15) is 23.3 Å². The molecule has 2 aromatic rings. The van der Waals surface area contributed by atoms with Crippen LogP contribution < -0.4 is 11.1 Å². The van der Waals surface area contributed by atoms with Gasteiger partial charge in [-0.2, -0.15) is 0 Å². The van der Waals surface area contributed by atoms with E-state index < -0.39 is 0 Å². The largest absolute Gasteiger partial charge is 0.383 e. The summed E-state index contributed by atoms with van der Waals surface area (Å²) in [6, 6.07) is 9.48. The van der Waals surface area contributed by atoms with Crippen molar-refractivity contribution in [3.8, 4) is 0 Å². The number of carbonyl (C=O) groups excluding carboxylic acids is 1. The van der Waals surface area contributed by atoms with Gasteiger partial charge in [0.2, 0.25) is 0 Å². The Balaban J connectivity index is 1.66. The van der Waals surface area contributed by atoms with Gasteiger partial charge in [-0.05, 0) is 37.4 Å². The van der Waals surface area contributed by atoms with Gasteiger partial charge in [-0.25, -0.2) is 4.98 Å². The second-order valence-electron chi connectivity index (χ2n) is 5.42. The number of nitrogen functional groups attached to an aromatic ring is 1. The SMILES string of the molecule is Nc1nc(C(=O)NCCN2CCCC2)cc2ccccc12. The van der Waals surface area contributed by atoms with Gasteiger partial charge in [-0.3, -0.25) is 4.79 Å². The number of amides is 1. The molecule has 1 saturated heterocycles. The van der Waals surface area contributed by atoms with Crippen LogP contribution >= 0.6 is 0 Å². The molecule has 0 bridgehead atoms. The van der Waals surface area contributed by atoms with Crippen LogP contribution in [0.3, 0.4) is 0 Å². The minimum Gasteiger partial charge on any atom is -0.383 e. The number of likely N-dealkylation sites (tertiary alicyclic amines) is 1. The van der Waals surface area contributed by atoms with Crippen molar-refractivity contribution in [2.75, 3.05) is 31.9 Å². The fourth-order valence-corrected chi connectivity index (χ4v) is 2.77. The van der Waals surface area contributed by atoms with E-state index in [0.29, 0.717) is 18.1 Å². The fraction of sp³-hybridized carbons (Fsp3) is 0.375. The van der Waals surface area contributed by atoms with Crippen molar-refractivity contribution < 1.29 is 4.79 Å². The number of aromatic nitrogens is 1. The minimum absolute atomic E-state index is 0.161. The van der Waals surface area contributed by atoms with Crippen LogP contribution in [0.4, 0.5) is 5.82 Å². The summed E-state index contributed by atoms with van der Waals surface area (Å²) in [5.41, 5.74) is 6.31. The van der Waals surface area contributed by atoms with E-state index >= 15 is 0 Å². The Bertz CT molecular complexity index is 650. The average molecular weight is 284 g/mol. The predicted octanol–water partition coefficient (Wildman–Crippen LogP) is 1.64. The molecule has 5 heteroatoms. The average Bonchev–Trinajstić information content (AvgIpc) is 3.00. The van der Waals surface area contributed by atoms with Crippen LogP contribution in [0.15, 0.2) is 30.3 Å². The number of hydrogen-bond donors (Lipinski definition) is 2. The minimum atomic E-state index is -0.161. The van der Waals surface area contributed by atoms with E-state index in [2.05, 4.69) is 15.2 Å². The van der Waals surface area contributed by atoms with Gasteiger partial charge in [-0.1, -0.05) is 24.3 Å². The van der Waals surface area contributed by atoms with Gasteiger partial charge in [0.15, 0.2) is 0 Å². The summed E-state index contributed by atoms with van der Waals surface area (Å²) in [5, 5.41) is 4.74. The molecule has 3 N–H and O–H groups in total. The molecule has 3 rings (SSSR count). The van der Waals surface area contributed by atoms with Gasteiger partial charge in [-0.15, -0.1) is 0 Å². The van der Waals surface area contributed by atoms with Crippen molar-refractivity contribution in [1.29, 1.82) is 0 Å². The Morgan fingerprint density at radius 2 is 2.05 bits per heavy atom. The summed E-state index contributed by atoms with van der Waals surface area (Å²) in [7, 11) is 0. The van der Waals surface area contributed by atoms with E-state index in [0.717, 1.165) is 30.4 Å². The number of anilines is 1. The zero-order chi connectivity index (χ0) is 14.7. The fourth-order valence-electron chi connectivity index (χ4n) is 2.77. The number of rotatable bonds is 4. The molecule has 1 amide bonds. The smallest absolute Gasteiger partial charge is 0.270 e. The van der Waals surface area contributed by atoms with Crippen LogP contribution in [0.2, 0.25) is 0 Å². The summed E-state index contributed by atoms with van der Waals surface area (Å²) in [5.74, 6) is 0.240. The first-order valence-corrected chi connectivity index (χ1v) is 7.40. The number of nitrogens with one attached hydrogen (secondary N) is 1. The summed E-state index contributed by atoms with van der Waals surface area (Å²) in [6.07, 6.45) is 2.52. The maximum absolute atomic E-state index is 12.2. The Morgan fingerprint density at radius 3 is 2.86 bits per heavy atom. The van der Waals surface area contributed by atoms with Gasteiger partial charge >= 0.3 is 0 Å². The molecule has 0 unspecified atom stereocenters. The zero-order valence-corrected chi connectivity index (χ0v) is 12.0. The third kappa shape index (κ3) is 3.13. The molecule has 0 saturated carbocycles. The van der Waals surface area contributed by atoms with Crippen molar-refractivity contribution in [3.63, 3.8) is 0 Å². The maximum atomic E-state index is 12.2. The van der Waals surface area contributed by atoms with Crippen LogP contribution in [0, 0.1) is 0 Å². The number of nitrogens with two attached hydrogens (primary N) is 1. The molecule has 0 spiro atoms. The van der Waals surface area contributed by atoms with Crippen LogP contribution in [0.5, 0.6) is 0 Å². The highest BCUT2D eigenvalue weighted by molar-refractivity contribution is 5.99. The van der Waals surface area contributed by atoms with Gasteiger partial charge in [0, 0.05) is 18.5 Å². The highest BCUT2D eigenvalue weighted by Crippen LogP contribution is 2.19. The molecule has 5 nitrogen and oxygen atoms in total. The summed E-state index contributed by atoms with van der Waals surface area (Å²) in [6.45, 7) is 3.82. The molecular formula is C16H20N4O. The first kappa shape index (κ1) is 13.8. The van der Waals surface area contributed by atoms with E-state index in [-0.39, 0.29) is 5.91 Å². The normalized spacial score (nSPS) is 15.4. The number of fused-ring (bicyclic) bond motifs is 1. The molecule has 21 heavy (non-hydrogen) atoms. The predicted molar refractivity (Wildman–Crippen MR) is 84.2 cm³/mol. The molecule has 0 atom stereocenters. The summed E-state index contributed by atoms with van der Waals surface area (Å²) in [4.78, 5) is 18.7. The molecule has 1 fully saturated rings. The van der Waals surface area contributed by atoms with Crippen molar-refractivity contribution in [2.24, 2.45) is 0 Å². The van der Waals surface area contributed by atoms with Crippen molar-refractivity contribution in [2.45, 2.75) is 12.8 Å². The lowest BCUT2D eigenvalue weighted by Gasteiger charge is -2.14. The van der Waals surface area contributed by atoms with Gasteiger partial charge in [0.1, 0.15) is 11.5 Å². The summed E-state index contributed by atoms with van der Waals surface area (Å²) >= 11 is 0. The zero-order valence-electron chi connectivity index (χ0n) is 12.0. The molecule has 1 aliphatic rings. The Kier molecular flexibility index (Phi) is 4.01. The van der Waals surface area contributed by atoms with Crippen LogP contribution in [-0.4, -0.2) is 42.0 Å². The Labute approximate surface area is 124 Å². The monoisotopic (exact) mass is 284 g/mol. The molecule has 0 aliphatic carbocycles. The number of carbonyl (C=O) groups is 1. The summed E-state index contributed by atoms with van der Waals surface area (Å²) < 4.78 is 0. The molecular weight excluding hydrogens is 264 g/mol. The number of nitrogens with zero attached hydrogens (tertiary/aromatic N) is 2. The van der Waals surface area contributed by atoms with Gasteiger partial charge < -0.3 is 16.0 Å². The lowest BCUT2D eigenvalue weighted by molar-refractivity contribution is 0.0945. The van der Waals surface area contributed by atoms with E-state index in [1.807, 2.05) is 24.3 Å². The van der Waals surface area contributed by atoms with Crippen molar-refractivity contribution >= 4 is 22.5 Å². The highest BCUT2D eigenvalue weighted by atomic mass is 16.1. The topological polar surface area (TPSA) is 71.2 Å². The standard InChI is InChI=1S/C16H20N4O/c17-15-13-6-2-1-5-12(13)11-14(19-15)16(21)18-7-10-20-8-3-4-9-20/h1-2,5-6,11H,3-4,7-10H2,(H2,17,19)(H,18,21). The van der Waals surface area contributed by atoms with Crippen LogP contribution in [-0.2, 0) is 0 Å². The number of pyridine rings is 1. The second-order valence-corrected chi connectivity index (χ2v) is 5.42. The quantitative estimate of drug-likeness (QED) is 0.895. The van der Waals surface area contributed by atoms with Gasteiger partial charge in [0.25, 0.3) is 5.91 Å². The lowest BCUT2D eigenvalue weighted by atomic mass is 10.1. The third-order valence-corrected chi connectivity index (χ3v) is 3.91. The number of hydrogen-bond acceptors (Lipinski definition) is 4. The van der Waals surface area contributed by atoms with Crippen molar-refractivity contribution in [1.82, 2.24) is 15.2 Å². The third-order valence-electron chi connectivity index (χ3n) is 3.91.